The second-order valence-corrected chi connectivity index (χ2v) is 6.82. The highest BCUT2D eigenvalue weighted by Crippen LogP contribution is 2.49. The lowest BCUT2D eigenvalue weighted by Crippen LogP contribution is -2.16. The van der Waals surface area contributed by atoms with Crippen molar-refractivity contribution in [1.29, 1.82) is 0 Å². The maximum atomic E-state index is 12.6. The van der Waals surface area contributed by atoms with Crippen LogP contribution in [0.5, 0.6) is 11.5 Å². The number of fused-ring (bicyclic) bond motifs is 1. The van der Waals surface area contributed by atoms with Gasteiger partial charge in [0.25, 0.3) is 0 Å². The third-order valence-electron chi connectivity index (χ3n) is 4.90. The molecule has 2 aromatic carbocycles. The molecule has 2 unspecified atom stereocenters. The Balaban J connectivity index is 1.38. The first kappa shape index (κ1) is 16.9. The molecule has 0 aromatic heterocycles. The van der Waals surface area contributed by atoms with Crippen LogP contribution in [0.15, 0.2) is 42.5 Å². The van der Waals surface area contributed by atoms with Gasteiger partial charge < -0.3 is 20.1 Å². The van der Waals surface area contributed by atoms with E-state index in [1.54, 1.807) is 0 Å². The summed E-state index contributed by atoms with van der Waals surface area (Å²) in [5.41, 5.74) is 3.18. The number of ether oxygens (including phenoxy) is 2. The fourth-order valence-electron chi connectivity index (χ4n) is 3.41. The largest absolute Gasteiger partial charge is 0.486 e. The Kier molecular flexibility index (Phi) is 4.80. The molecular formula is C21H24N2O3. The van der Waals surface area contributed by atoms with Gasteiger partial charge in [-0.05, 0) is 54.3 Å². The van der Waals surface area contributed by atoms with Crippen LogP contribution in [0.1, 0.15) is 30.4 Å². The monoisotopic (exact) mass is 352 g/mol. The molecule has 1 fully saturated rings. The van der Waals surface area contributed by atoms with E-state index in [-0.39, 0.29) is 17.7 Å². The summed E-state index contributed by atoms with van der Waals surface area (Å²) >= 11 is 0. The van der Waals surface area contributed by atoms with Crippen molar-refractivity contribution in [1.82, 2.24) is 5.32 Å². The Hall–Kier alpha value is -2.53. The van der Waals surface area contributed by atoms with E-state index in [2.05, 4.69) is 23.6 Å². The van der Waals surface area contributed by atoms with Crippen LogP contribution >= 0.6 is 0 Å². The molecule has 1 heterocycles. The van der Waals surface area contributed by atoms with E-state index in [1.807, 2.05) is 36.4 Å². The van der Waals surface area contributed by atoms with Crippen LogP contribution in [-0.2, 0) is 11.3 Å². The van der Waals surface area contributed by atoms with Gasteiger partial charge in [-0.1, -0.05) is 25.1 Å². The minimum Gasteiger partial charge on any atom is -0.486 e. The van der Waals surface area contributed by atoms with Crippen LogP contribution in [0.2, 0.25) is 0 Å². The molecule has 0 saturated heterocycles. The third-order valence-corrected chi connectivity index (χ3v) is 4.90. The first-order valence-corrected chi connectivity index (χ1v) is 9.24. The minimum atomic E-state index is 0.0231. The maximum absolute atomic E-state index is 12.6. The van der Waals surface area contributed by atoms with Crippen molar-refractivity contribution in [3.05, 3.63) is 53.6 Å². The number of benzene rings is 2. The van der Waals surface area contributed by atoms with Gasteiger partial charge in [0, 0.05) is 18.2 Å². The normalized spacial score (nSPS) is 20.5. The van der Waals surface area contributed by atoms with Crippen molar-refractivity contribution in [2.75, 3.05) is 25.1 Å². The summed E-state index contributed by atoms with van der Waals surface area (Å²) in [4.78, 5) is 12.6. The predicted molar refractivity (Wildman–Crippen MR) is 101 cm³/mol. The maximum Gasteiger partial charge on any atom is 0.228 e. The van der Waals surface area contributed by atoms with Gasteiger partial charge in [-0.25, -0.2) is 0 Å². The summed E-state index contributed by atoms with van der Waals surface area (Å²) in [5, 5.41) is 6.36. The summed E-state index contributed by atoms with van der Waals surface area (Å²) in [5.74, 6) is 1.95. The molecule has 5 heteroatoms. The smallest absolute Gasteiger partial charge is 0.228 e. The zero-order valence-electron chi connectivity index (χ0n) is 15.0. The van der Waals surface area contributed by atoms with Gasteiger partial charge >= 0.3 is 0 Å². The number of hydrogen-bond acceptors (Lipinski definition) is 4. The molecule has 0 spiro atoms. The highest BCUT2D eigenvalue weighted by atomic mass is 16.6. The van der Waals surface area contributed by atoms with Crippen LogP contribution in [0, 0.1) is 5.92 Å². The molecule has 1 aliphatic heterocycles. The van der Waals surface area contributed by atoms with Gasteiger partial charge in [0.2, 0.25) is 5.91 Å². The van der Waals surface area contributed by atoms with Gasteiger partial charge in [-0.2, -0.15) is 0 Å². The van der Waals surface area contributed by atoms with Crippen LogP contribution in [0.4, 0.5) is 5.69 Å². The van der Waals surface area contributed by atoms with Crippen molar-refractivity contribution in [3.63, 3.8) is 0 Å². The molecule has 2 atom stereocenters. The molecule has 1 amide bonds. The van der Waals surface area contributed by atoms with Crippen molar-refractivity contribution < 1.29 is 14.3 Å². The molecule has 4 rings (SSSR count). The fraction of sp³-hybridized carbons (Fsp3) is 0.381. The molecule has 26 heavy (non-hydrogen) atoms. The predicted octanol–water partition coefficient (Wildman–Crippen LogP) is 3.31. The van der Waals surface area contributed by atoms with E-state index in [9.17, 15) is 4.79 Å². The lowest BCUT2D eigenvalue weighted by Gasteiger charge is -2.18. The van der Waals surface area contributed by atoms with Gasteiger partial charge in [-0.3, -0.25) is 4.79 Å². The van der Waals surface area contributed by atoms with E-state index in [1.165, 1.54) is 5.56 Å². The highest BCUT2D eigenvalue weighted by Gasteiger charge is 2.44. The van der Waals surface area contributed by atoms with Crippen LogP contribution < -0.4 is 20.1 Å². The van der Waals surface area contributed by atoms with Crippen molar-refractivity contribution >= 4 is 11.6 Å². The lowest BCUT2D eigenvalue weighted by molar-refractivity contribution is -0.117. The number of hydrogen-bond donors (Lipinski definition) is 2. The van der Waals surface area contributed by atoms with Crippen molar-refractivity contribution in [2.24, 2.45) is 5.92 Å². The Morgan fingerprint density at radius 2 is 1.96 bits per heavy atom. The summed E-state index contributed by atoms with van der Waals surface area (Å²) in [6.07, 6.45) is 0.878. The minimum absolute atomic E-state index is 0.0231. The number of rotatable bonds is 6. The number of carbonyl (C=O) groups is 1. The Labute approximate surface area is 153 Å². The van der Waals surface area contributed by atoms with E-state index >= 15 is 0 Å². The quantitative estimate of drug-likeness (QED) is 0.837. The fourth-order valence-corrected chi connectivity index (χ4v) is 3.41. The number of carbonyl (C=O) groups excluding carboxylic acids is 1. The SMILES string of the molecule is CCNCc1cccc(NC(=O)C2CC2c2ccc3c(c2)OCCO3)c1. The van der Waals surface area contributed by atoms with Gasteiger partial charge in [0.15, 0.2) is 11.5 Å². The molecule has 1 aliphatic carbocycles. The van der Waals surface area contributed by atoms with Crippen LogP contribution in [0.25, 0.3) is 0 Å². The third kappa shape index (κ3) is 3.68. The van der Waals surface area contributed by atoms with Gasteiger partial charge in [0.1, 0.15) is 13.2 Å². The summed E-state index contributed by atoms with van der Waals surface area (Å²) in [7, 11) is 0. The van der Waals surface area contributed by atoms with Crippen molar-refractivity contribution in [3.8, 4) is 11.5 Å². The topological polar surface area (TPSA) is 59.6 Å². The zero-order chi connectivity index (χ0) is 17.9. The first-order chi connectivity index (χ1) is 12.7. The molecule has 136 valence electrons. The lowest BCUT2D eigenvalue weighted by atomic mass is 10.1. The number of nitrogens with one attached hydrogen (secondary N) is 2. The van der Waals surface area contributed by atoms with E-state index in [4.69, 9.17) is 9.47 Å². The van der Waals surface area contributed by atoms with E-state index in [0.717, 1.165) is 42.3 Å². The molecule has 5 nitrogen and oxygen atoms in total. The molecule has 2 aromatic rings. The second kappa shape index (κ2) is 7.38. The Morgan fingerprint density at radius 3 is 2.81 bits per heavy atom. The Bertz CT molecular complexity index is 806. The summed E-state index contributed by atoms with van der Waals surface area (Å²) < 4.78 is 11.2. The molecular weight excluding hydrogens is 328 g/mol. The van der Waals surface area contributed by atoms with Gasteiger partial charge in [-0.15, -0.1) is 0 Å². The second-order valence-electron chi connectivity index (χ2n) is 6.82. The molecule has 2 N–H and O–H groups in total. The Morgan fingerprint density at radius 1 is 1.12 bits per heavy atom. The highest BCUT2D eigenvalue weighted by molar-refractivity contribution is 5.95. The zero-order valence-corrected chi connectivity index (χ0v) is 15.0. The van der Waals surface area contributed by atoms with Crippen molar-refractivity contribution in [2.45, 2.75) is 25.8 Å². The average molecular weight is 352 g/mol. The van der Waals surface area contributed by atoms with Crippen LogP contribution in [-0.4, -0.2) is 25.7 Å². The van der Waals surface area contributed by atoms with Crippen LogP contribution in [0.3, 0.4) is 0 Å². The van der Waals surface area contributed by atoms with Gasteiger partial charge in [0.05, 0.1) is 0 Å². The molecule has 1 saturated carbocycles. The van der Waals surface area contributed by atoms with E-state index < -0.39 is 0 Å². The van der Waals surface area contributed by atoms with E-state index in [0.29, 0.717) is 13.2 Å². The standard InChI is InChI=1S/C21H24N2O3/c1-2-22-13-14-4-3-5-16(10-14)23-21(24)18-12-17(18)15-6-7-19-20(11-15)26-9-8-25-19/h3-7,10-11,17-18,22H,2,8-9,12-13H2,1H3,(H,23,24). The first-order valence-electron chi connectivity index (χ1n) is 9.24. The molecule has 0 radical (unpaired) electrons. The number of anilines is 1. The summed E-state index contributed by atoms with van der Waals surface area (Å²) in [6.45, 7) is 4.98. The molecule has 2 aliphatic rings. The molecule has 0 bridgehead atoms. The number of amides is 1. The average Bonchev–Trinajstić information content (AvgIpc) is 3.47. The summed E-state index contributed by atoms with van der Waals surface area (Å²) in [6, 6.07) is 14.0.